The highest BCUT2D eigenvalue weighted by Crippen LogP contribution is 2.25. The minimum absolute atomic E-state index is 0.0422. The van der Waals surface area contributed by atoms with Gasteiger partial charge in [0.15, 0.2) is 5.58 Å². The van der Waals surface area contributed by atoms with Gasteiger partial charge in [-0.2, -0.15) is 0 Å². The maximum Gasteiger partial charge on any atom is 0.326 e. The molecule has 4 rings (SSSR count). The van der Waals surface area contributed by atoms with Gasteiger partial charge in [0.25, 0.3) is 5.22 Å². The lowest BCUT2D eigenvalue weighted by atomic mass is 10.0. The smallest absolute Gasteiger partial charge is 0.326 e. The fourth-order valence-electron chi connectivity index (χ4n) is 3.42. The maximum absolute atomic E-state index is 12.5. The Balaban J connectivity index is 1.36. The number of carbonyl (C=O) groups excluding carboxylic acids is 1. The van der Waals surface area contributed by atoms with E-state index in [0.717, 1.165) is 22.4 Å². The van der Waals surface area contributed by atoms with Crippen LogP contribution in [0.3, 0.4) is 0 Å². The summed E-state index contributed by atoms with van der Waals surface area (Å²) in [6.07, 6.45) is 0.361. The van der Waals surface area contributed by atoms with Crippen LogP contribution >= 0.6 is 11.8 Å². The number of fused-ring (bicyclic) bond motifs is 1. The number of amides is 1. The topological polar surface area (TPSA) is 131 Å². The Bertz CT molecular complexity index is 1250. The van der Waals surface area contributed by atoms with Crippen LogP contribution in [0.25, 0.3) is 11.1 Å². The summed E-state index contributed by atoms with van der Waals surface area (Å²) in [5.41, 5.74) is 9.72. The van der Waals surface area contributed by atoms with Crippen molar-refractivity contribution < 1.29 is 19.1 Å². The number of benzene rings is 2. The Morgan fingerprint density at radius 3 is 2.44 bits per heavy atom. The highest BCUT2D eigenvalue weighted by molar-refractivity contribution is 7.98. The molecule has 1 amide bonds. The minimum Gasteiger partial charge on any atom is -0.480 e. The van der Waals surface area contributed by atoms with Gasteiger partial charge in [0, 0.05) is 17.9 Å². The molecule has 2 atom stereocenters. The van der Waals surface area contributed by atoms with Gasteiger partial charge < -0.3 is 20.6 Å². The number of pyridine rings is 1. The van der Waals surface area contributed by atoms with E-state index in [0.29, 0.717) is 23.1 Å². The van der Waals surface area contributed by atoms with Gasteiger partial charge in [-0.1, -0.05) is 60.3 Å². The molecule has 2 heterocycles. The molecule has 4 aromatic rings. The number of thioether (sulfide) groups is 1. The number of nitrogens with one attached hydrogen (secondary N) is 1. The number of hydrogen-bond donors (Lipinski definition) is 3. The molecule has 174 valence electrons. The van der Waals surface area contributed by atoms with E-state index >= 15 is 0 Å². The molecule has 9 heteroatoms. The molecule has 0 spiro atoms. The van der Waals surface area contributed by atoms with Crippen molar-refractivity contribution in [2.75, 3.05) is 0 Å². The number of aromatic nitrogens is 2. The molecule has 2 aromatic heterocycles. The molecule has 0 aliphatic heterocycles. The Kier molecular flexibility index (Phi) is 7.56. The fourth-order valence-corrected chi connectivity index (χ4v) is 4.16. The number of para-hydroxylation sites is 2. The summed E-state index contributed by atoms with van der Waals surface area (Å²) >= 11 is 1.41. The SMILES string of the molecule is NC(Cc1ccccc1)C(=O)NC(Cc1cccc(CSc2nc3ccccc3o2)n1)C(=O)O. The van der Waals surface area contributed by atoms with Crippen LogP contribution in [0.15, 0.2) is 82.4 Å². The predicted octanol–water partition coefficient (Wildman–Crippen LogP) is 3.20. The third-order valence-electron chi connectivity index (χ3n) is 5.15. The summed E-state index contributed by atoms with van der Waals surface area (Å²) in [5, 5.41) is 12.7. The molecule has 0 aliphatic carbocycles. The van der Waals surface area contributed by atoms with Crippen molar-refractivity contribution in [2.24, 2.45) is 5.73 Å². The second kappa shape index (κ2) is 11.0. The zero-order chi connectivity index (χ0) is 23.9. The molecule has 2 unspecified atom stereocenters. The van der Waals surface area contributed by atoms with Gasteiger partial charge in [0.1, 0.15) is 11.6 Å². The van der Waals surface area contributed by atoms with E-state index in [1.54, 1.807) is 6.07 Å². The van der Waals surface area contributed by atoms with Crippen molar-refractivity contribution in [1.82, 2.24) is 15.3 Å². The van der Waals surface area contributed by atoms with Crippen molar-refractivity contribution in [3.63, 3.8) is 0 Å². The number of carboxylic acids is 1. The molecule has 0 fully saturated rings. The van der Waals surface area contributed by atoms with Crippen LogP contribution < -0.4 is 11.1 Å². The van der Waals surface area contributed by atoms with E-state index in [4.69, 9.17) is 10.2 Å². The quantitative estimate of drug-likeness (QED) is 0.297. The Morgan fingerprint density at radius 1 is 0.941 bits per heavy atom. The highest BCUT2D eigenvalue weighted by Gasteiger charge is 2.24. The van der Waals surface area contributed by atoms with E-state index in [9.17, 15) is 14.7 Å². The first-order chi connectivity index (χ1) is 16.5. The van der Waals surface area contributed by atoms with Crippen molar-refractivity contribution in [1.29, 1.82) is 0 Å². The van der Waals surface area contributed by atoms with Crippen molar-refractivity contribution in [2.45, 2.75) is 35.9 Å². The predicted molar refractivity (Wildman–Crippen MR) is 129 cm³/mol. The van der Waals surface area contributed by atoms with Crippen LogP contribution in [0.1, 0.15) is 17.0 Å². The molecule has 0 radical (unpaired) electrons. The van der Waals surface area contributed by atoms with Gasteiger partial charge in [0.2, 0.25) is 5.91 Å². The minimum atomic E-state index is -1.15. The lowest BCUT2D eigenvalue weighted by Crippen LogP contribution is -2.50. The summed E-state index contributed by atoms with van der Waals surface area (Å²) in [4.78, 5) is 33.3. The molecular formula is C25H24N4O4S. The number of carboxylic acid groups (broad SMARTS) is 1. The first-order valence-electron chi connectivity index (χ1n) is 10.7. The van der Waals surface area contributed by atoms with Gasteiger partial charge in [-0.25, -0.2) is 9.78 Å². The summed E-state index contributed by atoms with van der Waals surface area (Å²) < 4.78 is 5.71. The summed E-state index contributed by atoms with van der Waals surface area (Å²) in [7, 11) is 0. The first kappa shape index (κ1) is 23.5. The third kappa shape index (κ3) is 6.21. The third-order valence-corrected chi connectivity index (χ3v) is 6.01. The average molecular weight is 477 g/mol. The van der Waals surface area contributed by atoms with Gasteiger partial charge in [-0.3, -0.25) is 9.78 Å². The number of aliphatic carboxylic acids is 1. The van der Waals surface area contributed by atoms with Crippen molar-refractivity contribution in [3.05, 3.63) is 89.7 Å². The van der Waals surface area contributed by atoms with E-state index < -0.39 is 24.0 Å². The molecule has 8 nitrogen and oxygen atoms in total. The Labute approximate surface area is 200 Å². The van der Waals surface area contributed by atoms with Crippen molar-refractivity contribution >= 4 is 34.7 Å². The molecule has 2 aromatic carbocycles. The van der Waals surface area contributed by atoms with Crippen molar-refractivity contribution in [3.8, 4) is 0 Å². The van der Waals surface area contributed by atoms with Crippen LogP contribution in [0, 0.1) is 0 Å². The monoisotopic (exact) mass is 476 g/mol. The molecular weight excluding hydrogens is 452 g/mol. The van der Waals surface area contributed by atoms with E-state index in [1.165, 1.54) is 11.8 Å². The highest BCUT2D eigenvalue weighted by atomic mass is 32.2. The number of hydrogen-bond acceptors (Lipinski definition) is 7. The summed E-state index contributed by atoms with van der Waals surface area (Å²) in [6.45, 7) is 0. The Hall–Kier alpha value is -3.69. The second-order valence-corrected chi connectivity index (χ2v) is 8.68. The molecule has 0 bridgehead atoms. The Morgan fingerprint density at radius 2 is 1.68 bits per heavy atom. The zero-order valence-electron chi connectivity index (χ0n) is 18.3. The zero-order valence-corrected chi connectivity index (χ0v) is 19.1. The number of oxazole rings is 1. The fraction of sp³-hybridized carbons (Fsp3) is 0.200. The van der Waals surface area contributed by atoms with Crippen LogP contribution in [-0.4, -0.2) is 39.0 Å². The molecule has 34 heavy (non-hydrogen) atoms. The maximum atomic E-state index is 12.5. The first-order valence-corrected chi connectivity index (χ1v) is 11.7. The van der Waals surface area contributed by atoms with Gasteiger partial charge >= 0.3 is 5.97 Å². The van der Waals surface area contributed by atoms with Gasteiger partial charge in [-0.15, -0.1) is 0 Å². The molecule has 4 N–H and O–H groups in total. The lowest BCUT2D eigenvalue weighted by Gasteiger charge is -2.18. The summed E-state index contributed by atoms with van der Waals surface area (Å²) in [6, 6.07) is 20.3. The number of nitrogens with zero attached hydrogens (tertiary/aromatic N) is 2. The van der Waals surface area contributed by atoms with Gasteiger partial charge in [0.05, 0.1) is 11.7 Å². The van der Waals surface area contributed by atoms with E-state index in [2.05, 4.69) is 15.3 Å². The van der Waals surface area contributed by atoms with Crippen LogP contribution in [0.5, 0.6) is 0 Å². The van der Waals surface area contributed by atoms with Crippen LogP contribution in [-0.2, 0) is 28.2 Å². The number of rotatable bonds is 10. The van der Waals surface area contributed by atoms with Crippen LogP contribution in [0.4, 0.5) is 0 Å². The normalized spacial score (nSPS) is 12.9. The van der Waals surface area contributed by atoms with Gasteiger partial charge in [-0.05, 0) is 36.2 Å². The molecule has 0 aliphatic rings. The lowest BCUT2D eigenvalue weighted by molar-refractivity contribution is -0.142. The standard InChI is InChI=1S/C25H24N4O4S/c26-19(13-16-7-2-1-3-8-16)23(30)28-21(24(31)32)14-17-9-6-10-18(27-17)15-34-25-29-20-11-4-5-12-22(20)33-25/h1-12,19,21H,13-15,26H2,(H,28,30)(H,31,32). The number of carbonyl (C=O) groups is 2. The summed E-state index contributed by atoms with van der Waals surface area (Å²) in [5.74, 6) is -1.15. The average Bonchev–Trinajstić information content (AvgIpc) is 3.26. The van der Waals surface area contributed by atoms with E-state index in [1.807, 2.05) is 66.7 Å². The number of nitrogens with two attached hydrogens (primary N) is 1. The largest absolute Gasteiger partial charge is 0.480 e. The van der Waals surface area contributed by atoms with E-state index in [-0.39, 0.29) is 6.42 Å². The van der Waals surface area contributed by atoms with Crippen LogP contribution in [0.2, 0.25) is 0 Å². The molecule has 0 saturated carbocycles. The molecule has 0 saturated heterocycles. The second-order valence-electron chi connectivity index (χ2n) is 7.76.